The summed E-state index contributed by atoms with van der Waals surface area (Å²) in [6.45, 7) is 2.90. The van der Waals surface area contributed by atoms with Crippen LogP contribution in [0.25, 0.3) is 0 Å². The van der Waals surface area contributed by atoms with Crippen molar-refractivity contribution in [3.05, 3.63) is 59.8 Å². The highest BCUT2D eigenvalue weighted by atomic mass is 127. The van der Waals surface area contributed by atoms with Gasteiger partial charge in [-0.1, -0.05) is 30.3 Å². The van der Waals surface area contributed by atoms with Crippen LogP contribution in [0.3, 0.4) is 0 Å². The van der Waals surface area contributed by atoms with Crippen LogP contribution < -0.4 is 15.5 Å². The van der Waals surface area contributed by atoms with Gasteiger partial charge in [0.25, 0.3) is 0 Å². The summed E-state index contributed by atoms with van der Waals surface area (Å²) in [4.78, 5) is 10.7. The summed E-state index contributed by atoms with van der Waals surface area (Å²) in [6, 6.07) is 15.0. The van der Waals surface area contributed by atoms with Crippen molar-refractivity contribution < 1.29 is 0 Å². The summed E-state index contributed by atoms with van der Waals surface area (Å²) >= 11 is 0. The van der Waals surface area contributed by atoms with E-state index in [2.05, 4.69) is 63.9 Å². The number of nitrogens with one attached hydrogen (secondary N) is 2. The zero-order chi connectivity index (χ0) is 18.1. The normalized spacial score (nSPS) is 12.1. The number of rotatable bonds is 7. The molecule has 1 atom stereocenters. The Bertz CT molecular complexity index is 673. The van der Waals surface area contributed by atoms with Crippen LogP contribution in [0.5, 0.6) is 0 Å². The molecule has 5 nitrogen and oxygen atoms in total. The highest BCUT2D eigenvalue weighted by Gasteiger charge is 2.06. The largest absolute Gasteiger partial charge is 0.363 e. The predicted octanol–water partition coefficient (Wildman–Crippen LogP) is 3.45. The van der Waals surface area contributed by atoms with E-state index < -0.39 is 0 Å². The van der Waals surface area contributed by atoms with Crippen molar-refractivity contribution in [3.8, 4) is 0 Å². The Balaban J connectivity index is 0.00000338. The number of hydrogen-bond donors (Lipinski definition) is 2. The molecule has 0 radical (unpaired) electrons. The number of anilines is 1. The highest BCUT2D eigenvalue weighted by Crippen LogP contribution is 2.09. The van der Waals surface area contributed by atoms with E-state index in [0.717, 1.165) is 24.6 Å². The van der Waals surface area contributed by atoms with Crippen molar-refractivity contribution in [1.82, 2.24) is 15.6 Å². The monoisotopic (exact) mass is 467 g/mol. The molecule has 0 amide bonds. The summed E-state index contributed by atoms with van der Waals surface area (Å²) in [7, 11) is 5.79. The number of aliphatic imine (C=N–C) groups is 1. The van der Waals surface area contributed by atoms with Crippen LogP contribution in [0.1, 0.15) is 24.5 Å². The highest BCUT2D eigenvalue weighted by molar-refractivity contribution is 14.0. The number of halogens is 1. The van der Waals surface area contributed by atoms with Crippen LogP contribution in [0.4, 0.5) is 5.82 Å². The van der Waals surface area contributed by atoms with Crippen LogP contribution in [0, 0.1) is 0 Å². The minimum absolute atomic E-state index is 0. The second-order valence-electron chi connectivity index (χ2n) is 6.41. The van der Waals surface area contributed by atoms with Gasteiger partial charge in [0.2, 0.25) is 0 Å². The van der Waals surface area contributed by atoms with Crippen molar-refractivity contribution in [1.29, 1.82) is 0 Å². The molecule has 1 heterocycles. The first-order chi connectivity index (χ1) is 12.1. The molecule has 0 fully saturated rings. The van der Waals surface area contributed by atoms with Crippen LogP contribution in [-0.2, 0) is 13.0 Å². The Morgan fingerprint density at radius 3 is 2.54 bits per heavy atom. The van der Waals surface area contributed by atoms with Crippen molar-refractivity contribution in [2.45, 2.75) is 32.4 Å². The number of nitrogens with zero attached hydrogens (tertiary/aromatic N) is 3. The Morgan fingerprint density at radius 1 is 1.15 bits per heavy atom. The van der Waals surface area contributed by atoms with E-state index in [1.165, 1.54) is 11.1 Å². The second kappa shape index (κ2) is 11.7. The molecule has 0 aliphatic heterocycles. The fourth-order valence-electron chi connectivity index (χ4n) is 2.53. The lowest BCUT2D eigenvalue weighted by Crippen LogP contribution is -2.42. The third kappa shape index (κ3) is 7.59. The fourth-order valence-corrected chi connectivity index (χ4v) is 2.53. The van der Waals surface area contributed by atoms with Crippen LogP contribution >= 0.6 is 24.0 Å². The Hall–Kier alpha value is -1.83. The van der Waals surface area contributed by atoms with Gasteiger partial charge in [-0.3, -0.25) is 4.99 Å². The van der Waals surface area contributed by atoms with E-state index in [1.54, 1.807) is 7.05 Å². The molecule has 6 heteroatoms. The van der Waals surface area contributed by atoms with Gasteiger partial charge in [0, 0.05) is 39.9 Å². The minimum Gasteiger partial charge on any atom is -0.363 e. The van der Waals surface area contributed by atoms with Gasteiger partial charge in [0.05, 0.1) is 0 Å². The molecule has 0 spiro atoms. The smallest absolute Gasteiger partial charge is 0.191 e. The van der Waals surface area contributed by atoms with Crippen molar-refractivity contribution in [3.63, 3.8) is 0 Å². The van der Waals surface area contributed by atoms with E-state index >= 15 is 0 Å². The van der Waals surface area contributed by atoms with Gasteiger partial charge in [0.1, 0.15) is 5.82 Å². The lowest BCUT2D eigenvalue weighted by atomic mass is 10.1. The van der Waals surface area contributed by atoms with Crippen molar-refractivity contribution in [2.75, 3.05) is 26.0 Å². The summed E-state index contributed by atoms with van der Waals surface area (Å²) in [5.74, 6) is 1.78. The van der Waals surface area contributed by atoms with Crippen molar-refractivity contribution >= 4 is 35.8 Å². The lowest BCUT2D eigenvalue weighted by molar-refractivity contribution is 0.593. The van der Waals surface area contributed by atoms with Gasteiger partial charge < -0.3 is 15.5 Å². The first kappa shape index (κ1) is 22.2. The van der Waals surface area contributed by atoms with Crippen LogP contribution in [-0.4, -0.2) is 38.1 Å². The van der Waals surface area contributed by atoms with E-state index in [0.29, 0.717) is 12.6 Å². The first-order valence-electron chi connectivity index (χ1n) is 8.72. The van der Waals surface area contributed by atoms with Crippen LogP contribution in [0.15, 0.2) is 53.7 Å². The Morgan fingerprint density at radius 2 is 1.88 bits per heavy atom. The van der Waals surface area contributed by atoms with Gasteiger partial charge in [-0.2, -0.15) is 0 Å². The Kier molecular flexibility index (Phi) is 10.0. The zero-order valence-electron chi connectivity index (χ0n) is 16.1. The molecule has 0 aliphatic rings. The molecule has 0 bridgehead atoms. The molecular weight excluding hydrogens is 437 g/mol. The summed E-state index contributed by atoms with van der Waals surface area (Å²) in [5, 5.41) is 6.83. The molecule has 2 rings (SSSR count). The summed E-state index contributed by atoms with van der Waals surface area (Å²) in [5.41, 5.74) is 2.55. The molecule has 1 aromatic heterocycles. The van der Waals surface area contributed by atoms with Gasteiger partial charge in [-0.25, -0.2) is 4.98 Å². The zero-order valence-corrected chi connectivity index (χ0v) is 18.4. The number of pyridine rings is 1. The molecule has 1 aromatic carbocycles. The molecule has 2 N–H and O–H groups in total. The summed E-state index contributed by atoms with van der Waals surface area (Å²) in [6.07, 6.45) is 3.96. The van der Waals surface area contributed by atoms with E-state index in [1.807, 2.05) is 31.3 Å². The van der Waals surface area contributed by atoms with Gasteiger partial charge in [0.15, 0.2) is 5.96 Å². The second-order valence-corrected chi connectivity index (χ2v) is 6.41. The maximum atomic E-state index is 4.34. The van der Waals surface area contributed by atoms with Crippen molar-refractivity contribution in [2.24, 2.45) is 4.99 Å². The van der Waals surface area contributed by atoms with E-state index in [9.17, 15) is 0 Å². The number of benzene rings is 1. The van der Waals surface area contributed by atoms with E-state index in [-0.39, 0.29) is 24.0 Å². The third-order valence-corrected chi connectivity index (χ3v) is 4.04. The quantitative estimate of drug-likeness (QED) is 0.372. The number of hydrogen-bond acceptors (Lipinski definition) is 3. The van der Waals surface area contributed by atoms with E-state index in [4.69, 9.17) is 0 Å². The third-order valence-electron chi connectivity index (χ3n) is 4.04. The van der Waals surface area contributed by atoms with Gasteiger partial charge in [-0.05, 0) is 43.0 Å². The average Bonchev–Trinajstić information content (AvgIpc) is 2.64. The standard InChI is InChI=1S/C20H29N5.HI/c1-16(10-11-17-8-6-5-7-9-17)24-20(21-2)23-15-18-12-13-22-19(14-18)25(3)4;/h5-9,12-14,16H,10-11,15H2,1-4H3,(H2,21,23,24);1H. The Labute approximate surface area is 174 Å². The number of guanidine groups is 1. The van der Waals surface area contributed by atoms with Gasteiger partial charge >= 0.3 is 0 Å². The molecule has 0 saturated carbocycles. The maximum absolute atomic E-state index is 4.34. The molecular formula is C20H30IN5. The number of aryl methyl sites for hydroxylation is 1. The molecule has 1 unspecified atom stereocenters. The van der Waals surface area contributed by atoms with Gasteiger partial charge in [-0.15, -0.1) is 24.0 Å². The maximum Gasteiger partial charge on any atom is 0.191 e. The molecule has 26 heavy (non-hydrogen) atoms. The van der Waals surface area contributed by atoms with Crippen LogP contribution in [0.2, 0.25) is 0 Å². The number of aromatic nitrogens is 1. The molecule has 0 aliphatic carbocycles. The topological polar surface area (TPSA) is 52.6 Å². The predicted molar refractivity (Wildman–Crippen MR) is 122 cm³/mol. The lowest BCUT2D eigenvalue weighted by Gasteiger charge is -2.18. The first-order valence-corrected chi connectivity index (χ1v) is 8.72. The average molecular weight is 467 g/mol. The molecule has 2 aromatic rings. The molecule has 142 valence electrons. The molecule has 0 saturated heterocycles. The summed E-state index contributed by atoms with van der Waals surface area (Å²) < 4.78 is 0. The SMILES string of the molecule is CN=C(NCc1ccnc(N(C)C)c1)NC(C)CCc1ccccc1.I. The minimum atomic E-state index is 0. The fraction of sp³-hybridized carbons (Fsp3) is 0.400.